The zero-order valence-corrected chi connectivity index (χ0v) is 23.2. The van der Waals surface area contributed by atoms with Crippen LogP contribution in [0, 0.1) is 5.92 Å². The maximum Gasteiger partial charge on any atom is 0.0921 e. The highest BCUT2D eigenvalue weighted by atomic mass is 31.1. The summed E-state index contributed by atoms with van der Waals surface area (Å²) >= 11 is 0. The zero-order valence-electron chi connectivity index (χ0n) is 21.4. The summed E-state index contributed by atoms with van der Waals surface area (Å²) in [4.78, 5) is 0. The predicted molar refractivity (Wildman–Crippen MR) is 158 cm³/mol. The molecular formula is C32H36O2P2. The first-order valence-electron chi connectivity index (χ1n) is 12.7. The van der Waals surface area contributed by atoms with Crippen LogP contribution in [-0.2, 0) is 9.05 Å². The lowest BCUT2D eigenvalue weighted by Gasteiger charge is -2.30. The first-order chi connectivity index (χ1) is 17.6. The van der Waals surface area contributed by atoms with Crippen LogP contribution in [-0.4, -0.2) is 12.2 Å². The second-order valence-electron chi connectivity index (χ2n) is 9.44. The highest BCUT2D eigenvalue weighted by Gasteiger charge is 2.26. The summed E-state index contributed by atoms with van der Waals surface area (Å²) in [5.41, 5.74) is 0. The number of benzene rings is 4. The Balaban J connectivity index is 1.55. The molecule has 36 heavy (non-hydrogen) atoms. The van der Waals surface area contributed by atoms with E-state index in [1.165, 1.54) is 21.2 Å². The number of hydrogen-bond acceptors (Lipinski definition) is 2. The van der Waals surface area contributed by atoms with Gasteiger partial charge in [0.2, 0.25) is 0 Å². The van der Waals surface area contributed by atoms with Crippen LogP contribution in [0.5, 0.6) is 0 Å². The van der Waals surface area contributed by atoms with E-state index in [4.69, 9.17) is 9.05 Å². The van der Waals surface area contributed by atoms with Gasteiger partial charge in [-0.05, 0) is 19.3 Å². The van der Waals surface area contributed by atoms with E-state index in [1.807, 2.05) is 0 Å². The third-order valence-corrected chi connectivity index (χ3v) is 9.98. The van der Waals surface area contributed by atoms with Crippen molar-refractivity contribution in [2.75, 3.05) is 0 Å². The first-order valence-corrected chi connectivity index (χ1v) is 15.3. The average molecular weight is 515 g/mol. The SMILES string of the molecule is CC(C)CC(CC(C)OP(c1ccccc1)c1ccccc1)OP(c1ccccc1)c1ccccc1. The smallest absolute Gasteiger partial charge is 0.0921 e. The van der Waals surface area contributed by atoms with Gasteiger partial charge < -0.3 is 9.05 Å². The van der Waals surface area contributed by atoms with E-state index < -0.39 is 16.3 Å². The van der Waals surface area contributed by atoms with Crippen LogP contribution in [0.15, 0.2) is 121 Å². The molecule has 0 amide bonds. The molecule has 0 aliphatic rings. The molecule has 4 aromatic rings. The lowest BCUT2D eigenvalue weighted by Crippen LogP contribution is -2.26. The van der Waals surface area contributed by atoms with Gasteiger partial charge in [0, 0.05) is 27.6 Å². The predicted octanol–water partition coefficient (Wildman–Crippen LogP) is 7.31. The van der Waals surface area contributed by atoms with Gasteiger partial charge in [-0.15, -0.1) is 0 Å². The largest absolute Gasteiger partial charge is 0.347 e. The Labute approximate surface area is 219 Å². The van der Waals surface area contributed by atoms with Crippen LogP contribution in [0.2, 0.25) is 0 Å². The van der Waals surface area contributed by atoms with Crippen molar-refractivity contribution in [2.45, 2.75) is 45.8 Å². The van der Waals surface area contributed by atoms with E-state index in [0.717, 1.165) is 12.8 Å². The number of hydrogen-bond donors (Lipinski definition) is 0. The lowest BCUT2D eigenvalue weighted by atomic mass is 10.0. The van der Waals surface area contributed by atoms with E-state index in [2.05, 4.69) is 142 Å². The molecule has 0 spiro atoms. The summed E-state index contributed by atoms with van der Waals surface area (Å²) in [5, 5.41) is 4.97. The maximum absolute atomic E-state index is 6.99. The molecule has 0 aromatic heterocycles. The third kappa shape index (κ3) is 7.83. The highest BCUT2D eigenvalue weighted by molar-refractivity contribution is 7.68. The van der Waals surface area contributed by atoms with Crippen molar-refractivity contribution in [1.82, 2.24) is 0 Å². The molecule has 0 saturated heterocycles. The topological polar surface area (TPSA) is 18.5 Å². The molecule has 4 aromatic carbocycles. The Hall–Kier alpha value is -2.34. The molecule has 2 atom stereocenters. The molecule has 0 saturated carbocycles. The molecular weight excluding hydrogens is 478 g/mol. The normalized spacial score (nSPS) is 13.3. The van der Waals surface area contributed by atoms with Crippen LogP contribution in [0.1, 0.15) is 33.6 Å². The molecule has 0 heterocycles. The van der Waals surface area contributed by atoms with Gasteiger partial charge in [-0.3, -0.25) is 0 Å². The quantitative estimate of drug-likeness (QED) is 0.185. The van der Waals surface area contributed by atoms with E-state index in [0.29, 0.717) is 5.92 Å². The number of rotatable bonds is 12. The van der Waals surface area contributed by atoms with Crippen LogP contribution >= 0.6 is 16.3 Å². The summed E-state index contributed by atoms with van der Waals surface area (Å²) < 4.78 is 13.8. The van der Waals surface area contributed by atoms with Gasteiger partial charge in [0.15, 0.2) is 0 Å². The molecule has 186 valence electrons. The van der Waals surface area contributed by atoms with Crippen molar-refractivity contribution in [3.63, 3.8) is 0 Å². The van der Waals surface area contributed by atoms with Crippen molar-refractivity contribution < 1.29 is 9.05 Å². The molecule has 0 N–H and O–H groups in total. The Morgan fingerprint density at radius 1 is 0.472 bits per heavy atom. The first kappa shape index (κ1) is 26.7. The molecule has 0 aliphatic carbocycles. The van der Waals surface area contributed by atoms with Crippen molar-refractivity contribution in [2.24, 2.45) is 5.92 Å². The van der Waals surface area contributed by atoms with Crippen LogP contribution < -0.4 is 21.2 Å². The summed E-state index contributed by atoms with van der Waals surface area (Å²) in [6.07, 6.45) is 2.02. The molecule has 0 aliphatic heterocycles. The van der Waals surface area contributed by atoms with E-state index in [9.17, 15) is 0 Å². The van der Waals surface area contributed by atoms with Gasteiger partial charge in [-0.25, -0.2) is 0 Å². The molecule has 4 rings (SSSR count). The molecule has 2 nitrogen and oxygen atoms in total. The van der Waals surface area contributed by atoms with Crippen molar-refractivity contribution in [3.05, 3.63) is 121 Å². The lowest BCUT2D eigenvalue weighted by molar-refractivity contribution is 0.127. The van der Waals surface area contributed by atoms with Gasteiger partial charge in [0.25, 0.3) is 0 Å². The summed E-state index contributed by atoms with van der Waals surface area (Å²) in [7, 11) is -1.81. The van der Waals surface area contributed by atoms with Crippen LogP contribution in [0.4, 0.5) is 0 Å². The minimum Gasteiger partial charge on any atom is -0.347 e. The Morgan fingerprint density at radius 2 is 0.806 bits per heavy atom. The molecule has 4 heteroatoms. The van der Waals surface area contributed by atoms with Crippen LogP contribution in [0.25, 0.3) is 0 Å². The van der Waals surface area contributed by atoms with Crippen LogP contribution in [0.3, 0.4) is 0 Å². The Morgan fingerprint density at radius 3 is 1.14 bits per heavy atom. The molecule has 2 unspecified atom stereocenters. The Bertz CT molecular complexity index is 1060. The minimum atomic E-state index is -0.910. The van der Waals surface area contributed by atoms with E-state index >= 15 is 0 Å². The minimum absolute atomic E-state index is 0.0590. The van der Waals surface area contributed by atoms with Gasteiger partial charge in [-0.1, -0.05) is 135 Å². The van der Waals surface area contributed by atoms with Crippen molar-refractivity contribution >= 4 is 37.5 Å². The van der Waals surface area contributed by atoms with Gasteiger partial charge in [-0.2, -0.15) is 0 Å². The summed E-state index contributed by atoms with van der Waals surface area (Å²) in [5.74, 6) is 0.537. The summed E-state index contributed by atoms with van der Waals surface area (Å²) in [6, 6.07) is 42.5. The monoisotopic (exact) mass is 514 g/mol. The summed E-state index contributed by atoms with van der Waals surface area (Å²) in [6.45, 7) is 6.75. The fraction of sp³-hybridized carbons (Fsp3) is 0.250. The fourth-order valence-electron chi connectivity index (χ4n) is 4.25. The molecule has 0 radical (unpaired) electrons. The van der Waals surface area contributed by atoms with Gasteiger partial charge in [0.05, 0.1) is 28.5 Å². The Kier molecular flexibility index (Phi) is 10.3. The van der Waals surface area contributed by atoms with E-state index in [-0.39, 0.29) is 12.2 Å². The standard InChI is InChI=1S/C32H36O2P2/c1-26(2)24-28(34-36(31-20-12-6-13-21-31)32-22-14-7-15-23-32)25-27(3)33-35(29-16-8-4-9-17-29)30-18-10-5-11-19-30/h4-23,26-28H,24-25H2,1-3H3. The highest BCUT2D eigenvalue weighted by Crippen LogP contribution is 2.41. The zero-order chi connectivity index (χ0) is 25.2. The molecule has 0 bridgehead atoms. The molecule has 0 fully saturated rings. The fourth-order valence-corrected chi connectivity index (χ4v) is 8.02. The van der Waals surface area contributed by atoms with Gasteiger partial charge in [0.1, 0.15) is 0 Å². The van der Waals surface area contributed by atoms with Gasteiger partial charge >= 0.3 is 0 Å². The second-order valence-corrected chi connectivity index (χ2v) is 13.1. The second kappa shape index (κ2) is 13.8. The maximum atomic E-state index is 6.99. The van der Waals surface area contributed by atoms with Crippen molar-refractivity contribution in [3.8, 4) is 0 Å². The average Bonchev–Trinajstić information content (AvgIpc) is 2.92. The third-order valence-electron chi connectivity index (χ3n) is 5.83. The van der Waals surface area contributed by atoms with E-state index in [1.54, 1.807) is 0 Å². The van der Waals surface area contributed by atoms with Crippen molar-refractivity contribution in [1.29, 1.82) is 0 Å².